The van der Waals surface area contributed by atoms with Crippen LogP contribution in [0.2, 0.25) is 0 Å². The number of methoxy groups -OCH3 is 1. The van der Waals surface area contributed by atoms with Crippen molar-refractivity contribution in [1.82, 2.24) is 0 Å². The lowest BCUT2D eigenvalue weighted by molar-refractivity contribution is -0.113. The number of rotatable bonds is 11. The normalized spacial score (nSPS) is 10.4. The molecule has 7 heteroatoms. The molecule has 3 aromatic carbocycles. The van der Waals surface area contributed by atoms with Crippen LogP contribution in [-0.4, -0.2) is 31.3 Å². The molecule has 2 amide bonds. The molecule has 0 unspecified atom stereocenters. The van der Waals surface area contributed by atoms with Crippen LogP contribution in [0.15, 0.2) is 77.7 Å². The van der Waals surface area contributed by atoms with Crippen molar-refractivity contribution >= 4 is 35.0 Å². The Morgan fingerprint density at radius 3 is 2.06 bits per heavy atom. The summed E-state index contributed by atoms with van der Waals surface area (Å²) < 4.78 is 10.7. The molecule has 6 nitrogen and oxygen atoms in total. The Balaban J connectivity index is 1.43. The first-order chi connectivity index (χ1) is 16.1. The fourth-order valence-electron chi connectivity index (χ4n) is 2.89. The van der Waals surface area contributed by atoms with Crippen LogP contribution in [0.1, 0.15) is 30.1 Å². The number of thioether (sulfide) groups is 1. The Hall–Kier alpha value is -3.45. The molecule has 0 saturated carbocycles. The van der Waals surface area contributed by atoms with E-state index < -0.39 is 0 Å². The van der Waals surface area contributed by atoms with Gasteiger partial charge in [-0.3, -0.25) is 9.59 Å². The smallest absolute Gasteiger partial charge is 0.255 e. The number of unbranched alkanes of at least 4 members (excludes halogenated alkanes) is 1. The Kier molecular flexibility index (Phi) is 9.20. The van der Waals surface area contributed by atoms with Crippen molar-refractivity contribution in [3.05, 3.63) is 78.4 Å². The lowest BCUT2D eigenvalue weighted by Crippen LogP contribution is -2.14. The van der Waals surface area contributed by atoms with Gasteiger partial charge < -0.3 is 20.1 Å². The molecule has 33 heavy (non-hydrogen) atoms. The minimum absolute atomic E-state index is 0.0865. The summed E-state index contributed by atoms with van der Waals surface area (Å²) in [6, 6.07) is 21.7. The minimum Gasteiger partial charge on any atom is -0.497 e. The maximum absolute atomic E-state index is 12.4. The first-order valence-electron chi connectivity index (χ1n) is 10.8. The first kappa shape index (κ1) is 24.2. The second-order valence-corrected chi connectivity index (χ2v) is 8.32. The van der Waals surface area contributed by atoms with Crippen molar-refractivity contribution < 1.29 is 19.1 Å². The highest BCUT2D eigenvalue weighted by Crippen LogP contribution is 2.22. The molecular weight excluding hydrogens is 436 g/mol. The molecule has 0 aliphatic heterocycles. The molecule has 0 spiro atoms. The van der Waals surface area contributed by atoms with E-state index in [0.29, 0.717) is 23.6 Å². The molecule has 0 aromatic heterocycles. The summed E-state index contributed by atoms with van der Waals surface area (Å²) in [5, 5.41) is 5.75. The third-order valence-electron chi connectivity index (χ3n) is 4.74. The monoisotopic (exact) mass is 464 g/mol. The standard InChI is InChI=1S/C26H28N2O4S/c1-3-4-17-32-23-13-7-20(8-14-23)27-25(29)18-33-24-15-9-21(10-16-24)28-26(30)19-5-11-22(31-2)12-6-19/h5-16H,3-4,17-18H2,1-2H3,(H,27,29)(H,28,30). The predicted octanol–water partition coefficient (Wildman–Crippen LogP) is 5.86. The number of nitrogens with one attached hydrogen (secondary N) is 2. The molecule has 172 valence electrons. The van der Waals surface area contributed by atoms with Gasteiger partial charge in [0, 0.05) is 21.8 Å². The number of anilines is 2. The van der Waals surface area contributed by atoms with Crippen molar-refractivity contribution in [2.75, 3.05) is 30.1 Å². The molecule has 3 aromatic rings. The lowest BCUT2D eigenvalue weighted by atomic mass is 10.2. The van der Waals surface area contributed by atoms with Gasteiger partial charge in [-0.15, -0.1) is 11.8 Å². The lowest BCUT2D eigenvalue weighted by Gasteiger charge is -2.09. The average molecular weight is 465 g/mol. The average Bonchev–Trinajstić information content (AvgIpc) is 2.85. The van der Waals surface area contributed by atoms with Gasteiger partial charge in [-0.1, -0.05) is 13.3 Å². The molecule has 3 rings (SSSR count). The Morgan fingerprint density at radius 1 is 0.818 bits per heavy atom. The van der Waals surface area contributed by atoms with E-state index in [2.05, 4.69) is 17.6 Å². The number of amides is 2. The van der Waals surface area contributed by atoms with Gasteiger partial charge in [0.2, 0.25) is 5.91 Å². The fourth-order valence-corrected chi connectivity index (χ4v) is 3.59. The number of carbonyl (C=O) groups is 2. The first-order valence-corrected chi connectivity index (χ1v) is 11.8. The molecular formula is C26H28N2O4S. The van der Waals surface area contributed by atoms with E-state index in [-0.39, 0.29) is 17.6 Å². The zero-order valence-corrected chi connectivity index (χ0v) is 19.6. The molecule has 0 saturated heterocycles. The Labute approximate surface area is 198 Å². The van der Waals surface area contributed by atoms with E-state index in [4.69, 9.17) is 9.47 Å². The van der Waals surface area contributed by atoms with Crippen LogP contribution in [0.3, 0.4) is 0 Å². The molecule has 0 heterocycles. The van der Waals surface area contributed by atoms with Crippen molar-refractivity contribution in [3.63, 3.8) is 0 Å². The van der Waals surface area contributed by atoms with Crippen LogP contribution in [0, 0.1) is 0 Å². The van der Waals surface area contributed by atoms with E-state index in [1.165, 1.54) is 11.8 Å². The van der Waals surface area contributed by atoms with Crippen molar-refractivity contribution in [1.29, 1.82) is 0 Å². The summed E-state index contributed by atoms with van der Waals surface area (Å²) in [5.74, 6) is 1.50. The van der Waals surface area contributed by atoms with E-state index in [9.17, 15) is 9.59 Å². The SMILES string of the molecule is CCCCOc1ccc(NC(=O)CSc2ccc(NC(=O)c3ccc(OC)cc3)cc2)cc1. The fraction of sp³-hybridized carbons (Fsp3) is 0.231. The van der Waals surface area contributed by atoms with Crippen LogP contribution in [0.25, 0.3) is 0 Å². The molecule has 0 atom stereocenters. The predicted molar refractivity (Wildman–Crippen MR) is 134 cm³/mol. The maximum atomic E-state index is 12.4. The molecule has 0 aliphatic rings. The zero-order chi connectivity index (χ0) is 23.5. The summed E-state index contributed by atoms with van der Waals surface area (Å²) in [5.41, 5.74) is 1.97. The van der Waals surface area contributed by atoms with Gasteiger partial charge in [0.05, 0.1) is 19.5 Å². The third-order valence-corrected chi connectivity index (χ3v) is 5.75. The topological polar surface area (TPSA) is 76.7 Å². The van der Waals surface area contributed by atoms with E-state index >= 15 is 0 Å². The summed E-state index contributed by atoms with van der Waals surface area (Å²) in [7, 11) is 1.58. The van der Waals surface area contributed by atoms with Gasteiger partial charge >= 0.3 is 0 Å². The van der Waals surface area contributed by atoms with Crippen molar-refractivity contribution in [2.45, 2.75) is 24.7 Å². The number of benzene rings is 3. The Bertz CT molecular complexity index is 1040. The van der Waals surface area contributed by atoms with Crippen LogP contribution in [0.5, 0.6) is 11.5 Å². The number of ether oxygens (including phenoxy) is 2. The van der Waals surface area contributed by atoms with Gasteiger partial charge in [0.1, 0.15) is 11.5 Å². The summed E-state index contributed by atoms with van der Waals surface area (Å²) in [6.07, 6.45) is 2.11. The Morgan fingerprint density at radius 2 is 1.42 bits per heavy atom. The van der Waals surface area contributed by atoms with Gasteiger partial charge in [0.25, 0.3) is 5.91 Å². The van der Waals surface area contributed by atoms with Crippen molar-refractivity contribution in [3.8, 4) is 11.5 Å². The molecule has 0 aliphatic carbocycles. The highest BCUT2D eigenvalue weighted by molar-refractivity contribution is 8.00. The summed E-state index contributed by atoms with van der Waals surface area (Å²) >= 11 is 1.43. The molecule has 0 bridgehead atoms. The molecule has 2 N–H and O–H groups in total. The van der Waals surface area contributed by atoms with E-state index in [0.717, 1.165) is 29.2 Å². The summed E-state index contributed by atoms with van der Waals surface area (Å²) in [4.78, 5) is 25.6. The highest BCUT2D eigenvalue weighted by atomic mass is 32.2. The zero-order valence-electron chi connectivity index (χ0n) is 18.8. The van der Waals surface area contributed by atoms with Crippen LogP contribution in [0.4, 0.5) is 11.4 Å². The van der Waals surface area contributed by atoms with E-state index in [1.54, 1.807) is 31.4 Å². The largest absolute Gasteiger partial charge is 0.497 e. The summed E-state index contributed by atoms with van der Waals surface area (Å²) in [6.45, 7) is 2.82. The number of hydrogen-bond donors (Lipinski definition) is 2. The number of carbonyl (C=O) groups excluding carboxylic acids is 2. The van der Waals surface area contributed by atoms with Crippen LogP contribution >= 0.6 is 11.8 Å². The van der Waals surface area contributed by atoms with Crippen LogP contribution < -0.4 is 20.1 Å². The quantitative estimate of drug-likeness (QED) is 0.275. The van der Waals surface area contributed by atoms with E-state index in [1.807, 2.05) is 48.5 Å². The maximum Gasteiger partial charge on any atom is 0.255 e. The van der Waals surface area contributed by atoms with Gasteiger partial charge in [0.15, 0.2) is 0 Å². The molecule has 0 radical (unpaired) electrons. The van der Waals surface area contributed by atoms with Gasteiger partial charge in [-0.05, 0) is 79.2 Å². The third kappa shape index (κ3) is 7.88. The van der Waals surface area contributed by atoms with Gasteiger partial charge in [-0.2, -0.15) is 0 Å². The highest BCUT2D eigenvalue weighted by Gasteiger charge is 2.08. The van der Waals surface area contributed by atoms with Gasteiger partial charge in [-0.25, -0.2) is 0 Å². The van der Waals surface area contributed by atoms with Crippen LogP contribution in [-0.2, 0) is 4.79 Å². The number of hydrogen-bond acceptors (Lipinski definition) is 5. The molecule has 0 fully saturated rings. The second kappa shape index (κ2) is 12.6. The minimum atomic E-state index is -0.195. The second-order valence-electron chi connectivity index (χ2n) is 7.27. The van der Waals surface area contributed by atoms with Crippen molar-refractivity contribution in [2.24, 2.45) is 0 Å².